The normalized spacial score (nSPS) is 11.6. The number of aromatic nitrogens is 3. The smallest absolute Gasteiger partial charge is 0.241 e. The number of methoxy groups -OCH3 is 1. The summed E-state index contributed by atoms with van der Waals surface area (Å²) >= 11 is 0. The van der Waals surface area contributed by atoms with E-state index in [1.165, 1.54) is 18.5 Å². The van der Waals surface area contributed by atoms with Crippen molar-refractivity contribution >= 4 is 26.7 Å². The lowest BCUT2D eigenvalue weighted by Gasteiger charge is -2.13. The molecule has 0 amide bonds. The molecule has 0 radical (unpaired) electrons. The first-order valence-electron chi connectivity index (χ1n) is 10.9. The van der Waals surface area contributed by atoms with Crippen LogP contribution in [0, 0.1) is 12.7 Å². The lowest BCUT2D eigenvalue weighted by molar-refractivity contribution is 0.331. The van der Waals surface area contributed by atoms with Crippen molar-refractivity contribution < 1.29 is 22.3 Å². The van der Waals surface area contributed by atoms with E-state index in [0.717, 1.165) is 11.1 Å². The molecule has 11 heteroatoms. The third-order valence-electron chi connectivity index (χ3n) is 5.55. The van der Waals surface area contributed by atoms with Crippen molar-refractivity contribution in [3.05, 3.63) is 60.3 Å². The summed E-state index contributed by atoms with van der Waals surface area (Å²) in [5.41, 5.74) is 2.62. The Morgan fingerprint density at radius 1 is 1.11 bits per heavy atom. The van der Waals surface area contributed by atoms with Gasteiger partial charge in [0.25, 0.3) is 0 Å². The van der Waals surface area contributed by atoms with Gasteiger partial charge in [-0.3, -0.25) is 0 Å². The molecule has 9 nitrogen and oxygen atoms in total. The van der Waals surface area contributed by atoms with Crippen LogP contribution in [-0.4, -0.2) is 43.2 Å². The first-order valence-corrected chi connectivity index (χ1v) is 12.5. The van der Waals surface area contributed by atoms with Crippen molar-refractivity contribution in [3.63, 3.8) is 0 Å². The molecule has 0 atom stereocenters. The second-order valence-corrected chi connectivity index (χ2v) is 9.33. The lowest BCUT2D eigenvalue weighted by atomic mass is 10.1. The lowest BCUT2D eigenvalue weighted by Crippen LogP contribution is -2.14. The zero-order valence-corrected chi connectivity index (χ0v) is 20.4. The summed E-state index contributed by atoms with van der Waals surface area (Å²) in [5, 5.41) is 9.25. The first-order chi connectivity index (χ1) is 16.7. The van der Waals surface area contributed by atoms with E-state index >= 15 is 0 Å². The number of hydrogen-bond acceptors (Lipinski definition) is 7. The molecule has 0 aliphatic carbocycles. The van der Waals surface area contributed by atoms with E-state index < -0.39 is 10.0 Å². The molecular formula is C24H26FN5O4S. The number of nitrogens with one attached hydrogen (secondary N) is 1. The molecule has 2 aromatic carbocycles. The molecule has 0 unspecified atom stereocenters. The number of aryl methyl sites for hydroxylation is 1. The fraction of sp³-hybridized carbons (Fsp3) is 0.250. The molecule has 0 bridgehead atoms. The Morgan fingerprint density at radius 3 is 2.63 bits per heavy atom. The molecule has 3 N–H and O–H groups in total. The third kappa shape index (κ3) is 5.05. The van der Waals surface area contributed by atoms with E-state index in [2.05, 4.69) is 15.3 Å². The second-order valence-electron chi connectivity index (χ2n) is 7.80. The SMILES string of the molecule is CCOc1cc(-c2cc(NCCn3c(C)cc4c(OC)ccc(F)c43)ncn2)ccc1S(N)(=O)=O. The van der Waals surface area contributed by atoms with Crippen LogP contribution < -0.4 is 19.9 Å². The Bertz CT molecular complexity index is 1490. The number of fused-ring (bicyclic) bond motifs is 1. The summed E-state index contributed by atoms with van der Waals surface area (Å²) in [6.45, 7) is 4.93. The first kappa shape index (κ1) is 24.4. The minimum atomic E-state index is -3.93. The van der Waals surface area contributed by atoms with Crippen LogP contribution in [0.25, 0.3) is 22.2 Å². The number of nitrogens with two attached hydrogens (primary N) is 1. The van der Waals surface area contributed by atoms with Crippen molar-refractivity contribution in [1.82, 2.24) is 14.5 Å². The number of benzene rings is 2. The minimum Gasteiger partial charge on any atom is -0.496 e. The number of halogens is 1. The third-order valence-corrected chi connectivity index (χ3v) is 6.50. The molecule has 0 aliphatic heterocycles. The Labute approximate surface area is 202 Å². The Morgan fingerprint density at radius 2 is 1.91 bits per heavy atom. The molecule has 0 fully saturated rings. The summed E-state index contributed by atoms with van der Waals surface area (Å²) in [5.74, 6) is 1.03. The highest BCUT2D eigenvalue weighted by Crippen LogP contribution is 2.31. The number of ether oxygens (including phenoxy) is 2. The van der Waals surface area contributed by atoms with Crippen LogP contribution in [0.1, 0.15) is 12.6 Å². The molecular weight excluding hydrogens is 473 g/mol. The Kier molecular flexibility index (Phi) is 6.90. The number of sulfonamides is 1. The quantitative estimate of drug-likeness (QED) is 0.360. The zero-order chi connectivity index (χ0) is 25.2. The van der Waals surface area contributed by atoms with Crippen LogP contribution in [0.2, 0.25) is 0 Å². The van der Waals surface area contributed by atoms with E-state index in [1.807, 2.05) is 17.6 Å². The van der Waals surface area contributed by atoms with E-state index in [-0.39, 0.29) is 23.1 Å². The number of primary sulfonamides is 1. The maximum absolute atomic E-state index is 14.6. The van der Waals surface area contributed by atoms with Gasteiger partial charge < -0.3 is 19.4 Å². The van der Waals surface area contributed by atoms with Crippen molar-refractivity contribution in [2.45, 2.75) is 25.3 Å². The molecule has 0 saturated carbocycles. The van der Waals surface area contributed by atoms with Gasteiger partial charge in [-0.2, -0.15) is 0 Å². The van der Waals surface area contributed by atoms with Gasteiger partial charge >= 0.3 is 0 Å². The van der Waals surface area contributed by atoms with E-state index in [9.17, 15) is 12.8 Å². The molecule has 0 aliphatic rings. The largest absolute Gasteiger partial charge is 0.496 e. The second kappa shape index (κ2) is 9.88. The summed E-state index contributed by atoms with van der Waals surface area (Å²) in [6, 6.07) is 11.3. The highest BCUT2D eigenvalue weighted by molar-refractivity contribution is 7.89. The summed E-state index contributed by atoms with van der Waals surface area (Å²) in [7, 11) is -2.37. The standard InChI is InChI=1S/C24H26FN5O4S/c1-4-34-21-12-16(5-8-22(21)35(26,31)32)19-13-23(29-14-28-19)27-9-10-30-15(2)11-17-20(33-3)7-6-18(25)24(17)30/h5-8,11-14H,4,9-10H2,1-3H3,(H2,26,31,32)(H,27,28,29). The monoisotopic (exact) mass is 499 g/mol. The van der Waals surface area contributed by atoms with Gasteiger partial charge in [-0.1, -0.05) is 6.07 Å². The van der Waals surface area contributed by atoms with Crippen LogP contribution in [0.5, 0.6) is 11.5 Å². The number of hydrogen-bond donors (Lipinski definition) is 2. The van der Waals surface area contributed by atoms with Crippen LogP contribution >= 0.6 is 0 Å². The van der Waals surface area contributed by atoms with Crippen molar-refractivity contribution in [3.8, 4) is 22.8 Å². The van der Waals surface area contributed by atoms with Crippen molar-refractivity contribution in [2.75, 3.05) is 25.6 Å². The van der Waals surface area contributed by atoms with Gasteiger partial charge in [0.15, 0.2) is 0 Å². The van der Waals surface area contributed by atoms with Gasteiger partial charge in [-0.05, 0) is 44.2 Å². The number of anilines is 1. The van der Waals surface area contributed by atoms with E-state index in [0.29, 0.717) is 41.4 Å². The van der Waals surface area contributed by atoms with Crippen LogP contribution in [0.4, 0.5) is 10.2 Å². The average Bonchev–Trinajstić information content (AvgIpc) is 3.16. The molecule has 0 saturated heterocycles. The summed E-state index contributed by atoms with van der Waals surface area (Å²) in [4.78, 5) is 8.46. The van der Waals surface area contributed by atoms with Crippen LogP contribution in [-0.2, 0) is 16.6 Å². The molecule has 4 aromatic rings. The van der Waals surface area contributed by atoms with Gasteiger partial charge in [-0.25, -0.2) is 27.9 Å². The highest BCUT2D eigenvalue weighted by Gasteiger charge is 2.17. The highest BCUT2D eigenvalue weighted by atomic mass is 32.2. The van der Waals surface area contributed by atoms with E-state index in [4.69, 9.17) is 14.6 Å². The van der Waals surface area contributed by atoms with Crippen molar-refractivity contribution in [2.24, 2.45) is 5.14 Å². The predicted molar refractivity (Wildman–Crippen MR) is 132 cm³/mol. The van der Waals surface area contributed by atoms with Crippen LogP contribution in [0.15, 0.2) is 53.7 Å². The molecule has 2 aromatic heterocycles. The predicted octanol–water partition coefficient (Wildman–Crippen LogP) is 3.71. The average molecular weight is 500 g/mol. The molecule has 35 heavy (non-hydrogen) atoms. The topological polar surface area (TPSA) is 121 Å². The Balaban J connectivity index is 1.55. The number of nitrogens with zero attached hydrogens (tertiary/aromatic N) is 3. The van der Waals surface area contributed by atoms with Gasteiger partial charge in [0.1, 0.15) is 34.4 Å². The molecule has 2 heterocycles. The molecule has 184 valence electrons. The van der Waals surface area contributed by atoms with Gasteiger partial charge in [-0.15, -0.1) is 0 Å². The fourth-order valence-corrected chi connectivity index (χ4v) is 4.64. The zero-order valence-electron chi connectivity index (χ0n) is 19.6. The molecule has 4 rings (SSSR count). The van der Waals surface area contributed by atoms with Crippen molar-refractivity contribution in [1.29, 1.82) is 0 Å². The Hall–Kier alpha value is -3.70. The fourth-order valence-electron chi connectivity index (χ4n) is 3.98. The molecule has 0 spiro atoms. The maximum atomic E-state index is 14.6. The van der Waals surface area contributed by atoms with Crippen LogP contribution in [0.3, 0.4) is 0 Å². The van der Waals surface area contributed by atoms with Gasteiger partial charge in [0.05, 0.1) is 24.9 Å². The maximum Gasteiger partial charge on any atom is 0.241 e. The van der Waals surface area contributed by atoms with Gasteiger partial charge in [0.2, 0.25) is 10.0 Å². The summed E-state index contributed by atoms with van der Waals surface area (Å²) < 4.78 is 51.0. The minimum absolute atomic E-state index is 0.0892. The van der Waals surface area contributed by atoms with Gasteiger partial charge in [0, 0.05) is 35.8 Å². The summed E-state index contributed by atoms with van der Waals surface area (Å²) in [6.07, 6.45) is 1.41. The number of rotatable bonds is 9. The van der Waals surface area contributed by atoms with E-state index in [1.54, 1.807) is 38.3 Å².